The van der Waals surface area contributed by atoms with E-state index in [4.69, 9.17) is 4.42 Å². The van der Waals surface area contributed by atoms with Gasteiger partial charge in [0.2, 0.25) is 5.89 Å². The number of hydrogen-bond donors (Lipinski definition) is 0. The van der Waals surface area contributed by atoms with Crippen LogP contribution in [-0.2, 0) is 6.54 Å². The molecule has 2 fully saturated rings. The van der Waals surface area contributed by atoms with Gasteiger partial charge in [-0.2, -0.15) is 4.98 Å². The second-order valence-electron chi connectivity index (χ2n) is 8.68. The van der Waals surface area contributed by atoms with Crippen molar-refractivity contribution in [3.8, 4) is 0 Å². The summed E-state index contributed by atoms with van der Waals surface area (Å²) in [6.45, 7) is 5.46. The highest BCUT2D eigenvalue weighted by molar-refractivity contribution is 5.75. The van der Waals surface area contributed by atoms with Crippen molar-refractivity contribution in [2.24, 2.45) is 11.8 Å². The van der Waals surface area contributed by atoms with E-state index in [1.165, 1.54) is 11.1 Å². The molecule has 2 saturated heterocycles. The Balaban J connectivity index is 1.39. The molecular formula is C23H27N5O2. The number of carbonyl (C=O) groups excluding carboxylic acids is 1. The zero-order valence-electron chi connectivity index (χ0n) is 17.7. The van der Waals surface area contributed by atoms with Crippen molar-refractivity contribution in [1.29, 1.82) is 0 Å². The number of nitrogens with zero attached hydrogens (tertiary/aromatic N) is 5. The number of urea groups is 1. The number of aromatic nitrogens is 2. The minimum atomic E-state index is 0.0919. The first-order chi connectivity index (χ1) is 14.5. The molecule has 4 heterocycles. The molecule has 7 nitrogen and oxygen atoms in total. The summed E-state index contributed by atoms with van der Waals surface area (Å²) in [4.78, 5) is 27.9. The normalized spacial score (nSPS) is 23.8. The summed E-state index contributed by atoms with van der Waals surface area (Å²) < 4.78 is 5.89. The fourth-order valence-electron chi connectivity index (χ4n) is 5.11. The Morgan fingerprint density at radius 2 is 2.00 bits per heavy atom. The number of amides is 2. The Labute approximate surface area is 176 Å². The summed E-state index contributed by atoms with van der Waals surface area (Å²) in [5.41, 5.74) is 3.89. The van der Waals surface area contributed by atoms with E-state index in [9.17, 15) is 4.79 Å². The van der Waals surface area contributed by atoms with Gasteiger partial charge in [0.1, 0.15) is 0 Å². The van der Waals surface area contributed by atoms with Crippen LogP contribution in [0, 0.1) is 18.8 Å². The van der Waals surface area contributed by atoms with Gasteiger partial charge in [0.15, 0.2) is 11.2 Å². The van der Waals surface area contributed by atoms with E-state index in [0.717, 1.165) is 25.2 Å². The third kappa shape index (κ3) is 3.23. The molecule has 156 valence electrons. The quantitative estimate of drug-likeness (QED) is 0.669. The van der Waals surface area contributed by atoms with Gasteiger partial charge in [-0.3, -0.25) is 4.90 Å². The van der Waals surface area contributed by atoms with Crippen molar-refractivity contribution >= 4 is 17.3 Å². The Hall–Kier alpha value is -2.93. The molecule has 0 N–H and O–H groups in total. The molecule has 0 saturated carbocycles. The lowest BCUT2D eigenvalue weighted by Gasteiger charge is -2.32. The van der Waals surface area contributed by atoms with Crippen LogP contribution in [0.5, 0.6) is 0 Å². The lowest BCUT2D eigenvalue weighted by Crippen LogP contribution is -2.41. The maximum atomic E-state index is 12.9. The maximum Gasteiger partial charge on any atom is 0.320 e. The molecule has 30 heavy (non-hydrogen) atoms. The van der Waals surface area contributed by atoms with Gasteiger partial charge in [0.25, 0.3) is 0 Å². The number of likely N-dealkylation sites (tertiary alicyclic amines) is 2. The topological polar surface area (TPSA) is 65.7 Å². The molecule has 0 aliphatic carbocycles. The lowest BCUT2D eigenvalue weighted by atomic mass is 9.88. The third-order valence-electron chi connectivity index (χ3n) is 6.44. The highest BCUT2D eigenvalue weighted by atomic mass is 16.3. The van der Waals surface area contributed by atoms with Crippen molar-refractivity contribution in [3.63, 3.8) is 0 Å². The molecule has 1 aromatic carbocycles. The smallest absolute Gasteiger partial charge is 0.320 e. The highest BCUT2D eigenvalue weighted by Crippen LogP contribution is 2.46. The number of pyridine rings is 1. The van der Waals surface area contributed by atoms with Crippen LogP contribution in [0.2, 0.25) is 0 Å². The van der Waals surface area contributed by atoms with Crippen LogP contribution in [0.1, 0.15) is 23.1 Å². The molecule has 0 radical (unpaired) electrons. The molecule has 0 spiro atoms. The molecule has 3 atom stereocenters. The summed E-state index contributed by atoms with van der Waals surface area (Å²) in [5, 5.41) is 0. The minimum Gasteiger partial charge on any atom is -0.438 e. The molecule has 2 aliphatic rings. The van der Waals surface area contributed by atoms with Crippen LogP contribution in [0.25, 0.3) is 11.2 Å². The standard InChI is InChI=1S/C23H27N5O2/c1-15-7-4-5-8-17(15)21-18-13-27(11-16(18)12-28(21)23(29)26(2)3)14-20-25-22-19(30-20)9-6-10-24-22/h4-10,16,18,21H,11-14H2,1-3H3/t16-,18-,21+/m1/s1. The van der Waals surface area contributed by atoms with E-state index >= 15 is 0 Å². The second-order valence-corrected chi connectivity index (χ2v) is 8.68. The molecule has 2 aliphatic heterocycles. The van der Waals surface area contributed by atoms with Crippen LogP contribution < -0.4 is 0 Å². The molecule has 3 aromatic rings. The van der Waals surface area contributed by atoms with E-state index in [2.05, 4.69) is 51.0 Å². The first kappa shape index (κ1) is 19.1. The van der Waals surface area contributed by atoms with Crippen molar-refractivity contribution in [3.05, 3.63) is 59.6 Å². The molecule has 0 unspecified atom stereocenters. The fraction of sp³-hybridized carbons (Fsp3) is 0.435. The SMILES string of the molecule is Cc1ccccc1[C@H]1[C@@H]2CN(Cc3nc4ncccc4o3)C[C@@H]2CN1C(=O)N(C)C. The number of rotatable bonds is 3. The minimum absolute atomic E-state index is 0.0919. The Bertz CT molecular complexity index is 1050. The van der Waals surface area contributed by atoms with Crippen LogP contribution in [0.15, 0.2) is 47.0 Å². The van der Waals surface area contributed by atoms with Crippen molar-refractivity contribution in [2.75, 3.05) is 33.7 Å². The number of carbonyl (C=O) groups is 1. The van der Waals surface area contributed by atoms with Gasteiger partial charge in [-0.15, -0.1) is 0 Å². The van der Waals surface area contributed by atoms with Gasteiger partial charge >= 0.3 is 6.03 Å². The number of oxazole rings is 1. The first-order valence-electron chi connectivity index (χ1n) is 10.5. The second kappa shape index (κ2) is 7.40. The molecule has 5 rings (SSSR count). The fourth-order valence-corrected chi connectivity index (χ4v) is 5.11. The van der Waals surface area contributed by atoms with Gasteiger partial charge in [-0.05, 0) is 36.1 Å². The molecule has 0 bridgehead atoms. The van der Waals surface area contributed by atoms with E-state index in [1.54, 1.807) is 11.1 Å². The van der Waals surface area contributed by atoms with Gasteiger partial charge in [0.05, 0.1) is 12.6 Å². The molecule has 2 aromatic heterocycles. The zero-order chi connectivity index (χ0) is 20.8. The van der Waals surface area contributed by atoms with Crippen molar-refractivity contribution in [2.45, 2.75) is 19.5 Å². The molecular weight excluding hydrogens is 378 g/mol. The van der Waals surface area contributed by atoms with Crippen LogP contribution in [-0.4, -0.2) is 64.4 Å². The average Bonchev–Trinajstić information content (AvgIpc) is 3.39. The van der Waals surface area contributed by atoms with E-state index < -0.39 is 0 Å². The lowest BCUT2D eigenvalue weighted by molar-refractivity contribution is 0.150. The Morgan fingerprint density at radius 3 is 2.77 bits per heavy atom. The van der Waals surface area contributed by atoms with E-state index in [0.29, 0.717) is 29.9 Å². The van der Waals surface area contributed by atoms with E-state index in [-0.39, 0.29) is 12.1 Å². The largest absolute Gasteiger partial charge is 0.438 e. The van der Waals surface area contributed by atoms with Crippen molar-refractivity contribution < 1.29 is 9.21 Å². The third-order valence-corrected chi connectivity index (χ3v) is 6.44. The summed E-state index contributed by atoms with van der Waals surface area (Å²) in [6.07, 6.45) is 1.73. The predicted molar refractivity (Wildman–Crippen MR) is 114 cm³/mol. The summed E-state index contributed by atoms with van der Waals surface area (Å²) >= 11 is 0. The van der Waals surface area contributed by atoms with E-state index in [1.807, 2.05) is 26.2 Å². The van der Waals surface area contributed by atoms with Crippen LogP contribution in [0.3, 0.4) is 0 Å². The molecule has 7 heteroatoms. The number of hydrogen-bond acceptors (Lipinski definition) is 5. The number of benzene rings is 1. The summed E-state index contributed by atoms with van der Waals surface area (Å²) in [6, 6.07) is 12.4. The predicted octanol–water partition coefficient (Wildman–Crippen LogP) is 3.32. The Morgan fingerprint density at radius 1 is 1.17 bits per heavy atom. The summed E-state index contributed by atoms with van der Waals surface area (Å²) in [5.74, 6) is 1.55. The van der Waals surface area contributed by atoms with Gasteiger partial charge < -0.3 is 14.2 Å². The monoisotopic (exact) mass is 405 g/mol. The zero-order valence-corrected chi connectivity index (χ0v) is 17.7. The van der Waals surface area contributed by atoms with Crippen molar-refractivity contribution in [1.82, 2.24) is 24.7 Å². The summed E-state index contributed by atoms with van der Waals surface area (Å²) in [7, 11) is 3.66. The van der Waals surface area contributed by atoms with Gasteiger partial charge in [0, 0.05) is 45.8 Å². The van der Waals surface area contributed by atoms with Crippen LogP contribution >= 0.6 is 0 Å². The first-order valence-corrected chi connectivity index (χ1v) is 10.5. The Kier molecular flexibility index (Phi) is 4.70. The highest BCUT2D eigenvalue weighted by Gasteiger charge is 2.49. The average molecular weight is 406 g/mol. The number of fused-ring (bicyclic) bond motifs is 2. The number of aryl methyl sites for hydroxylation is 1. The van der Waals surface area contributed by atoms with Gasteiger partial charge in [-0.1, -0.05) is 24.3 Å². The molecule has 2 amide bonds. The maximum absolute atomic E-state index is 12.9. The van der Waals surface area contributed by atoms with Crippen LogP contribution in [0.4, 0.5) is 4.79 Å². The van der Waals surface area contributed by atoms with Gasteiger partial charge in [-0.25, -0.2) is 9.78 Å².